The highest BCUT2D eigenvalue weighted by Gasteiger charge is 2.36. The van der Waals surface area contributed by atoms with Crippen LogP contribution >= 0.6 is 0 Å². The van der Waals surface area contributed by atoms with Gasteiger partial charge < -0.3 is 15.2 Å². The number of halogens is 3. The second-order valence-corrected chi connectivity index (χ2v) is 10.0. The Kier molecular flexibility index (Phi) is 6.89. The lowest BCUT2D eigenvalue weighted by Crippen LogP contribution is -2.43. The minimum Gasteiger partial charge on any atom is -0.364 e. The van der Waals surface area contributed by atoms with Crippen molar-refractivity contribution in [3.05, 3.63) is 53.3 Å². The molecular weight excluding hydrogens is 461 g/mol. The summed E-state index contributed by atoms with van der Waals surface area (Å²) in [6.07, 6.45) is -2.75. The number of carbonyl (C=O) groups is 2. The normalized spacial score (nSPS) is 16.0. The molecule has 0 saturated carbocycles. The summed E-state index contributed by atoms with van der Waals surface area (Å²) in [7, 11) is -0.933. The summed E-state index contributed by atoms with van der Waals surface area (Å²) in [5.41, 5.74) is 4.51. The Hall–Kier alpha value is -2.86. The Bertz CT molecular complexity index is 1150. The van der Waals surface area contributed by atoms with Crippen molar-refractivity contribution in [2.24, 2.45) is 18.7 Å². The van der Waals surface area contributed by atoms with E-state index < -0.39 is 33.6 Å². The number of hydrogen-bond donors (Lipinski definition) is 1. The van der Waals surface area contributed by atoms with Crippen LogP contribution in [0.5, 0.6) is 0 Å². The zero-order chi connectivity index (χ0) is 24.6. The number of amides is 2. The minimum absolute atomic E-state index is 0.00445. The molecule has 0 bridgehead atoms. The molecule has 1 aliphatic rings. The van der Waals surface area contributed by atoms with Gasteiger partial charge in [0.25, 0.3) is 5.91 Å². The maximum atomic E-state index is 13.2. The van der Waals surface area contributed by atoms with E-state index in [-0.39, 0.29) is 54.5 Å². The van der Waals surface area contributed by atoms with Crippen LogP contribution in [0.15, 0.2) is 41.4 Å². The molecule has 0 atom stereocenters. The van der Waals surface area contributed by atoms with E-state index in [1.54, 1.807) is 0 Å². The summed E-state index contributed by atoms with van der Waals surface area (Å²) in [6.45, 7) is -0.0496. The van der Waals surface area contributed by atoms with Crippen molar-refractivity contribution in [1.29, 1.82) is 0 Å². The fourth-order valence-electron chi connectivity index (χ4n) is 3.99. The van der Waals surface area contributed by atoms with Gasteiger partial charge in [-0.15, -0.1) is 0 Å². The first-order chi connectivity index (χ1) is 15.3. The van der Waals surface area contributed by atoms with E-state index in [0.717, 1.165) is 6.07 Å². The maximum Gasteiger partial charge on any atom is 0.416 e. The number of nitrogens with two attached hydrogens (primary N) is 1. The Balaban J connectivity index is 1.66. The van der Waals surface area contributed by atoms with E-state index >= 15 is 0 Å². The van der Waals surface area contributed by atoms with E-state index in [0.29, 0.717) is 0 Å². The van der Waals surface area contributed by atoms with Gasteiger partial charge in [0, 0.05) is 45.8 Å². The number of piperidine rings is 1. The topological polar surface area (TPSA) is 106 Å². The summed E-state index contributed by atoms with van der Waals surface area (Å²) in [6, 6.07) is 6.30. The van der Waals surface area contributed by atoms with Crippen LogP contribution in [-0.2, 0) is 34.6 Å². The molecule has 0 unspecified atom stereocenters. The molecule has 2 amide bonds. The number of sulfonamides is 1. The molecule has 3 rings (SSSR count). The molecule has 1 saturated heterocycles. The smallest absolute Gasteiger partial charge is 0.364 e. The predicted molar refractivity (Wildman–Crippen MR) is 113 cm³/mol. The number of primary amides is 1. The Labute approximate surface area is 189 Å². The van der Waals surface area contributed by atoms with E-state index in [2.05, 4.69) is 0 Å². The first-order valence-electron chi connectivity index (χ1n) is 10.2. The van der Waals surface area contributed by atoms with Gasteiger partial charge in [-0.1, -0.05) is 18.2 Å². The third-order valence-electron chi connectivity index (χ3n) is 5.78. The molecule has 1 aromatic heterocycles. The lowest BCUT2D eigenvalue weighted by molar-refractivity contribution is -0.140. The van der Waals surface area contributed by atoms with Gasteiger partial charge in [0.1, 0.15) is 10.6 Å². The molecule has 0 aliphatic carbocycles. The van der Waals surface area contributed by atoms with Gasteiger partial charge in [-0.25, -0.2) is 8.42 Å². The fraction of sp³-hybridized carbons (Fsp3) is 0.429. The lowest BCUT2D eigenvalue weighted by atomic mass is 9.96. The molecule has 2 aromatic rings. The molecule has 8 nitrogen and oxygen atoms in total. The number of hydrogen-bond acceptors (Lipinski definition) is 4. The summed E-state index contributed by atoms with van der Waals surface area (Å²) in [4.78, 5) is 25.4. The lowest BCUT2D eigenvalue weighted by Gasteiger charge is -2.32. The highest BCUT2D eigenvalue weighted by atomic mass is 32.2. The quantitative estimate of drug-likeness (QED) is 0.676. The monoisotopic (exact) mass is 486 g/mol. The zero-order valence-electron chi connectivity index (χ0n) is 18.2. The molecule has 33 heavy (non-hydrogen) atoms. The SMILES string of the molecule is CN(Cc1ccccc1C(F)(F)F)C(=O)C1CCN(S(=O)(=O)c2cc(C(N)=O)n(C)c2)CC1. The summed E-state index contributed by atoms with van der Waals surface area (Å²) in [5.74, 6) is -1.59. The van der Waals surface area contributed by atoms with Gasteiger partial charge in [0.2, 0.25) is 15.9 Å². The molecule has 1 aliphatic heterocycles. The average Bonchev–Trinajstić information content (AvgIpc) is 3.15. The van der Waals surface area contributed by atoms with Crippen LogP contribution in [0.3, 0.4) is 0 Å². The zero-order valence-corrected chi connectivity index (χ0v) is 19.0. The Morgan fingerprint density at radius 1 is 1.18 bits per heavy atom. The highest BCUT2D eigenvalue weighted by Crippen LogP contribution is 2.33. The third kappa shape index (κ3) is 5.22. The number of alkyl halides is 3. The molecule has 2 N–H and O–H groups in total. The number of aryl methyl sites for hydroxylation is 1. The van der Waals surface area contributed by atoms with Crippen LogP contribution in [-0.4, -0.2) is 54.1 Å². The van der Waals surface area contributed by atoms with E-state index in [1.165, 1.54) is 58.3 Å². The minimum atomic E-state index is -4.52. The Morgan fingerprint density at radius 2 is 1.79 bits per heavy atom. The first-order valence-corrected chi connectivity index (χ1v) is 11.6. The van der Waals surface area contributed by atoms with Crippen LogP contribution in [0.4, 0.5) is 13.2 Å². The van der Waals surface area contributed by atoms with Crippen molar-refractivity contribution in [3.63, 3.8) is 0 Å². The van der Waals surface area contributed by atoms with E-state index in [1.807, 2.05) is 0 Å². The van der Waals surface area contributed by atoms with Crippen LogP contribution < -0.4 is 5.73 Å². The standard InChI is InChI=1S/C21H25F3N4O4S/c1-26-13-16(11-18(26)19(25)29)33(31,32)28-9-7-14(8-10-28)20(30)27(2)12-15-5-3-4-6-17(15)21(22,23)24/h3-6,11,13-14H,7-10,12H2,1-2H3,(H2,25,29). The van der Waals surface area contributed by atoms with Crippen molar-refractivity contribution < 1.29 is 31.2 Å². The van der Waals surface area contributed by atoms with Gasteiger partial charge in [-0.3, -0.25) is 9.59 Å². The molecule has 1 fully saturated rings. The molecule has 180 valence electrons. The third-order valence-corrected chi connectivity index (χ3v) is 7.64. The number of rotatable bonds is 6. The predicted octanol–water partition coefficient (Wildman–Crippen LogP) is 2.20. The molecule has 1 aromatic carbocycles. The van der Waals surface area contributed by atoms with Gasteiger partial charge in [0.05, 0.1) is 5.56 Å². The second-order valence-electron chi connectivity index (χ2n) is 8.06. The van der Waals surface area contributed by atoms with Crippen molar-refractivity contribution >= 4 is 21.8 Å². The van der Waals surface area contributed by atoms with Crippen LogP contribution in [0.25, 0.3) is 0 Å². The summed E-state index contributed by atoms with van der Waals surface area (Å²) < 4.78 is 68.1. The second kappa shape index (κ2) is 9.18. The van der Waals surface area contributed by atoms with Crippen molar-refractivity contribution in [2.75, 3.05) is 20.1 Å². The molecule has 12 heteroatoms. The van der Waals surface area contributed by atoms with E-state index in [4.69, 9.17) is 5.73 Å². The van der Waals surface area contributed by atoms with Gasteiger partial charge >= 0.3 is 6.18 Å². The first kappa shape index (κ1) is 24.8. The number of aromatic nitrogens is 1. The number of carbonyl (C=O) groups excluding carboxylic acids is 2. The van der Waals surface area contributed by atoms with E-state index in [9.17, 15) is 31.2 Å². The van der Waals surface area contributed by atoms with Crippen molar-refractivity contribution in [1.82, 2.24) is 13.8 Å². The largest absolute Gasteiger partial charge is 0.416 e. The molecule has 2 heterocycles. The summed E-state index contributed by atoms with van der Waals surface area (Å²) >= 11 is 0. The average molecular weight is 487 g/mol. The molecule has 0 radical (unpaired) electrons. The maximum absolute atomic E-state index is 13.2. The highest BCUT2D eigenvalue weighted by molar-refractivity contribution is 7.89. The van der Waals surface area contributed by atoms with Crippen LogP contribution in [0.2, 0.25) is 0 Å². The van der Waals surface area contributed by atoms with Crippen molar-refractivity contribution in [3.8, 4) is 0 Å². The number of nitrogens with zero attached hydrogens (tertiary/aromatic N) is 3. The fourth-order valence-corrected chi connectivity index (χ4v) is 5.53. The number of benzene rings is 1. The van der Waals surface area contributed by atoms with Gasteiger partial charge in [0.15, 0.2) is 0 Å². The Morgan fingerprint density at radius 3 is 2.33 bits per heavy atom. The van der Waals surface area contributed by atoms with Crippen LogP contribution in [0, 0.1) is 5.92 Å². The van der Waals surface area contributed by atoms with Crippen LogP contribution in [0.1, 0.15) is 34.5 Å². The summed E-state index contributed by atoms with van der Waals surface area (Å²) in [5, 5.41) is 0. The molecule has 0 spiro atoms. The van der Waals surface area contributed by atoms with Gasteiger partial charge in [-0.2, -0.15) is 17.5 Å². The molecular formula is C21H25F3N4O4S. The van der Waals surface area contributed by atoms with Crippen molar-refractivity contribution in [2.45, 2.75) is 30.5 Å². The van der Waals surface area contributed by atoms with Gasteiger partial charge in [-0.05, 0) is 30.5 Å².